The molecule has 4 rings (SSSR count). The van der Waals surface area contributed by atoms with Gasteiger partial charge in [-0.3, -0.25) is 0 Å². The molecule has 0 amide bonds. The van der Waals surface area contributed by atoms with Crippen molar-refractivity contribution in [2.24, 2.45) is 0 Å². The van der Waals surface area contributed by atoms with Gasteiger partial charge in [-0.05, 0) is 75.7 Å². The fraction of sp³-hybridized carbons (Fsp3) is 0.524. The molecule has 3 heteroatoms. The summed E-state index contributed by atoms with van der Waals surface area (Å²) in [6, 6.07) is 0. The van der Waals surface area contributed by atoms with Gasteiger partial charge in [0, 0.05) is 0 Å². The van der Waals surface area contributed by atoms with Crippen molar-refractivity contribution in [1.82, 2.24) is 0 Å². The Hall–Kier alpha value is -1.90. The minimum Gasteiger partial charge on any atom is -0.502 e. The van der Waals surface area contributed by atoms with E-state index in [9.17, 15) is 0 Å². The molecule has 3 heterocycles. The van der Waals surface area contributed by atoms with Gasteiger partial charge < -0.3 is 14.2 Å². The highest BCUT2D eigenvalue weighted by Crippen LogP contribution is 2.07. The van der Waals surface area contributed by atoms with E-state index >= 15 is 0 Å². The minimum atomic E-state index is 0.733. The van der Waals surface area contributed by atoms with E-state index in [1.54, 1.807) is 18.8 Å². The molecule has 0 radical (unpaired) electrons. The highest BCUT2D eigenvalue weighted by molar-refractivity contribution is 5.03. The molecule has 0 saturated heterocycles. The van der Waals surface area contributed by atoms with E-state index in [2.05, 4.69) is 12.2 Å². The Bertz CT molecular complexity index is 327. The van der Waals surface area contributed by atoms with Crippen LogP contribution in [0.5, 0.6) is 0 Å². The fourth-order valence-electron chi connectivity index (χ4n) is 2.08. The Balaban J connectivity index is 0.000000160. The van der Waals surface area contributed by atoms with Crippen LogP contribution in [-0.4, -0.2) is 19.8 Å². The van der Waals surface area contributed by atoms with Crippen LogP contribution in [0.2, 0.25) is 0 Å². The number of allylic oxidation sites excluding steroid dienone is 6. The summed E-state index contributed by atoms with van der Waals surface area (Å²) in [6.07, 6.45) is 29.9. The number of ether oxygens (including phenoxy) is 3. The molecule has 0 fully saturated rings. The van der Waals surface area contributed by atoms with E-state index in [0.29, 0.717) is 0 Å². The van der Waals surface area contributed by atoms with Gasteiger partial charge in [0.15, 0.2) is 0 Å². The van der Waals surface area contributed by atoms with Crippen molar-refractivity contribution in [2.75, 3.05) is 19.8 Å². The molecule has 0 spiro atoms. The molecule has 0 aromatic heterocycles. The summed E-state index contributed by atoms with van der Waals surface area (Å²) in [5, 5.41) is 0. The van der Waals surface area contributed by atoms with Crippen LogP contribution in [-0.2, 0) is 14.2 Å². The maximum absolute atomic E-state index is 4.89. The number of rotatable bonds is 0. The van der Waals surface area contributed by atoms with E-state index in [1.807, 2.05) is 30.4 Å². The molecule has 0 atom stereocenters. The first-order valence-electron chi connectivity index (χ1n) is 9.11. The summed E-state index contributed by atoms with van der Waals surface area (Å²) in [4.78, 5) is 0. The van der Waals surface area contributed by atoms with Crippen molar-refractivity contribution in [3.05, 3.63) is 61.3 Å². The topological polar surface area (TPSA) is 27.7 Å². The lowest BCUT2D eigenvalue weighted by Crippen LogP contribution is -1.90. The third kappa shape index (κ3) is 15.0. The molecule has 134 valence electrons. The van der Waals surface area contributed by atoms with Crippen molar-refractivity contribution in [3.63, 3.8) is 0 Å². The monoisotopic (exact) mass is 332 g/mol. The quantitative estimate of drug-likeness (QED) is 0.523. The second kappa shape index (κ2) is 17.5. The molecule has 3 aliphatic heterocycles. The summed E-state index contributed by atoms with van der Waals surface area (Å²) >= 11 is 0. The standard InChI is InChI=1S/C6H10.2C5H8O.C5H6O/c4*1-2-4-6-5-3-1/h1-2H,3-6H2;2*2,4H,1,3,5H2;1-4H,5H2. The Kier molecular flexibility index (Phi) is 14.7. The van der Waals surface area contributed by atoms with Crippen LogP contribution in [0.1, 0.15) is 51.4 Å². The van der Waals surface area contributed by atoms with Gasteiger partial charge in [-0.2, -0.15) is 0 Å². The largest absolute Gasteiger partial charge is 0.502 e. The van der Waals surface area contributed by atoms with Crippen molar-refractivity contribution in [1.29, 1.82) is 0 Å². The van der Waals surface area contributed by atoms with Crippen LogP contribution >= 0.6 is 0 Å². The molecular weight excluding hydrogens is 300 g/mol. The Morgan fingerprint density at radius 1 is 0.458 bits per heavy atom. The lowest BCUT2D eigenvalue weighted by molar-refractivity contribution is 0.231. The van der Waals surface area contributed by atoms with Gasteiger partial charge >= 0.3 is 0 Å². The van der Waals surface area contributed by atoms with Crippen LogP contribution < -0.4 is 0 Å². The van der Waals surface area contributed by atoms with Gasteiger partial charge in [-0.1, -0.05) is 18.2 Å². The molecule has 0 bridgehead atoms. The van der Waals surface area contributed by atoms with Gasteiger partial charge in [0.25, 0.3) is 0 Å². The lowest BCUT2D eigenvalue weighted by atomic mass is 10.1. The maximum Gasteiger partial charge on any atom is 0.106 e. The van der Waals surface area contributed by atoms with E-state index in [-0.39, 0.29) is 0 Å². The van der Waals surface area contributed by atoms with Crippen LogP contribution in [0, 0.1) is 0 Å². The average molecular weight is 332 g/mol. The molecule has 3 nitrogen and oxygen atoms in total. The van der Waals surface area contributed by atoms with E-state index < -0.39 is 0 Å². The lowest BCUT2D eigenvalue weighted by Gasteiger charge is -2.01. The highest BCUT2D eigenvalue weighted by atomic mass is 16.5. The predicted molar refractivity (Wildman–Crippen MR) is 100 cm³/mol. The predicted octanol–water partition coefficient (Wildman–Crippen LogP) is 5.82. The first kappa shape index (κ1) is 20.1. The van der Waals surface area contributed by atoms with Crippen molar-refractivity contribution in [2.45, 2.75) is 51.4 Å². The van der Waals surface area contributed by atoms with Gasteiger partial charge in [0.2, 0.25) is 0 Å². The second-order valence-corrected chi connectivity index (χ2v) is 5.62. The Labute approximate surface area is 147 Å². The third-order valence-corrected chi connectivity index (χ3v) is 3.42. The van der Waals surface area contributed by atoms with E-state index in [0.717, 1.165) is 19.8 Å². The number of hydrogen-bond acceptors (Lipinski definition) is 3. The normalized spacial score (nSPS) is 19.7. The average Bonchev–Trinajstić information content (AvgIpc) is 2.75. The molecule has 4 aliphatic rings. The smallest absolute Gasteiger partial charge is 0.106 e. The van der Waals surface area contributed by atoms with Crippen LogP contribution in [0.3, 0.4) is 0 Å². The first-order valence-corrected chi connectivity index (χ1v) is 9.11. The second-order valence-electron chi connectivity index (χ2n) is 5.62. The van der Waals surface area contributed by atoms with Gasteiger partial charge in [0.1, 0.15) is 6.61 Å². The van der Waals surface area contributed by atoms with Crippen molar-refractivity contribution < 1.29 is 14.2 Å². The van der Waals surface area contributed by atoms with Gasteiger partial charge in [0.05, 0.1) is 32.0 Å². The molecule has 24 heavy (non-hydrogen) atoms. The molecule has 0 unspecified atom stereocenters. The summed E-state index contributed by atoms with van der Waals surface area (Å²) < 4.78 is 14.6. The molecule has 0 saturated carbocycles. The summed E-state index contributed by atoms with van der Waals surface area (Å²) in [6.45, 7) is 2.56. The SMILES string of the molecule is C1=CCCCC1.C1=CCOC=C1.C1=COCCC1.C1=COCCC1. The van der Waals surface area contributed by atoms with Gasteiger partial charge in [-0.25, -0.2) is 0 Å². The molecule has 0 N–H and O–H groups in total. The zero-order chi connectivity index (χ0) is 17.0. The Morgan fingerprint density at radius 2 is 1.04 bits per heavy atom. The molecular formula is C21H32O3. The maximum atomic E-state index is 4.89. The van der Waals surface area contributed by atoms with Crippen molar-refractivity contribution in [3.8, 4) is 0 Å². The highest BCUT2D eigenvalue weighted by Gasteiger charge is 1.88. The fourth-order valence-corrected chi connectivity index (χ4v) is 2.08. The molecule has 1 aliphatic carbocycles. The van der Waals surface area contributed by atoms with E-state index in [1.165, 1.54) is 51.4 Å². The third-order valence-electron chi connectivity index (χ3n) is 3.42. The zero-order valence-corrected chi connectivity index (χ0v) is 14.8. The summed E-state index contributed by atoms with van der Waals surface area (Å²) in [5.74, 6) is 0. The number of hydrogen-bond donors (Lipinski definition) is 0. The molecule has 0 aromatic rings. The van der Waals surface area contributed by atoms with Gasteiger partial charge in [-0.15, -0.1) is 0 Å². The van der Waals surface area contributed by atoms with Crippen LogP contribution in [0.15, 0.2) is 61.3 Å². The minimum absolute atomic E-state index is 0.733. The van der Waals surface area contributed by atoms with Crippen molar-refractivity contribution >= 4 is 0 Å². The zero-order valence-electron chi connectivity index (χ0n) is 14.8. The van der Waals surface area contributed by atoms with Crippen LogP contribution in [0.4, 0.5) is 0 Å². The van der Waals surface area contributed by atoms with Crippen LogP contribution in [0.25, 0.3) is 0 Å². The summed E-state index contributed by atoms with van der Waals surface area (Å²) in [5.41, 5.74) is 0. The first-order chi connectivity index (χ1) is 12.0. The summed E-state index contributed by atoms with van der Waals surface area (Å²) in [7, 11) is 0. The Morgan fingerprint density at radius 3 is 1.17 bits per heavy atom. The van der Waals surface area contributed by atoms with E-state index in [4.69, 9.17) is 14.2 Å². The molecule has 0 aromatic carbocycles.